The Morgan fingerprint density at radius 3 is 2.69 bits per heavy atom. The van der Waals surface area contributed by atoms with Gasteiger partial charge in [-0.1, -0.05) is 23.2 Å². The Morgan fingerprint density at radius 2 is 1.92 bits per heavy atom. The van der Waals surface area contributed by atoms with Gasteiger partial charge in [-0.25, -0.2) is 9.97 Å². The van der Waals surface area contributed by atoms with Gasteiger partial charge in [0.15, 0.2) is 0 Å². The molecule has 13 heavy (non-hydrogen) atoms. The van der Waals surface area contributed by atoms with Crippen LogP contribution in [0.4, 0.5) is 0 Å². The van der Waals surface area contributed by atoms with Crippen molar-refractivity contribution in [3.8, 4) is 0 Å². The van der Waals surface area contributed by atoms with Crippen LogP contribution in [0.3, 0.4) is 0 Å². The molecule has 0 saturated carbocycles. The maximum atomic E-state index is 5.86. The number of aromatic nitrogens is 2. The highest BCUT2D eigenvalue weighted by atomic mass is 79.9. The van der Waals surface area contributed by atoms with E-state index in [1.807, 2.05) is 12.1 Å². The van der Waals surface area contributed by atoms with Crippen LogP contribution >= 0.6 is 39.1 Å². The molecule has 0 spiro atoms. The van der Waals surface area contributed by atoms with Crippen molar-refractivity contribution in [2.75, 3.05) is 0 Å². The van der Waals surface area contributed by atoms with Crippen molar-refractivity contribution < 1.29 is 0 Å². The van der Waals surface area contributed by atoms with Crippen LogP contribution in [0, 0.1) is 0 Å². The molecular formula is C8H3BrCl2N2. The zero-order valence-corrected chi connectivity index (χ0v) is 9.36. The Balaban J connectivity index is 2.86. The molecule has 66 valence electrons. The van der Waals surface area contributed by atoms with Gasteiger partial charge in [0.05, 0.1) is 5.52 Å². The van der Waals surface area contributed by atoms with Crippen molar-refractivity contribution >= 4 is 50.0 Å². The fraction of sp³-hybridized carbons (Fsp3) is 0. The standard InChI is InChI=1S/C8H3BrCl2N2/c9-6-2-1-4-5(12-6)3-7(10)13-8(4)11/h1-3H. The minimum absolute atomic E-state index is 0.350. The molecule has 2 aromatic rings. The molecule has 0 aliphatic carbocycles. The first kappa shape index (κ1) is 9.19. The zero-order chi connectivity index (χ0) is 9.42. The minimum atomic E-state index is 0.350. The lowest BCUT2D eigenvalue weighted by Gasteiger charge is -1.99. The first-order valence-corrected chi connectivity index (χ1v) is 5.00. The van der Waals surface area contributed by atoms with E-state index in [9.17, 15) is 0 Å². The third kappa shape index (κ3) is 1.77. The summed E-state index contributed by atoms with van der Waals surface area (Å²) >= 11 is 14.9. The molecule has 0 bridgehead atoms. The van der Waals surface area contributed by atoms with Crippen molar-refractivity contribution in [2.24, 2.45) is 0 Å². The van der Waals surface area contributed by atoms with Gasteiger partial charge in [-0.2, -0.15) is 0 Å². The van der Waals surface area contributed by atoms with E-state index in [-0.39, 0.29) is 0 Å². The van der Waals surface area contributed by atoms with E-state index in [0.29, 0.717) is 10.3 Å². The molecular weight excluding hydrogens is 275 g/mol. The SMILES string of the molecule is Clc1cc2nc(Br)ccc2c(Cl)n1. The van der Waals surface area contributed by atoms with Crippen LogP contribution < -0.4 is 0 Å². The summed E-state index contributed by atoms with van der Waals surface area (Å²) in [6.45, 7) is 0. The molecule has 0 aliphatic rings. The summed E-state index contributed by atoms with van der Waals surface area (Å²) in [5.41, 5.74) is 0.736. The molecule has 0 saturated heterocycles. The van der Waals surface area contributed by atoms with E-state index >= 15 is 0 Å². The monoisotopic (exact) mass is 276 g/mol. The molecule has 0 unspecified atom stereocenters. The second kappa shape index (κ2) is 3.40. The molecule has 0 amide bonds. The van der Waals surface area contributed by atoms with Gasteiger partial charge >= 0.3 is 0 Å². The van der Waals surface area contributed by atoms with Crippen LogP contribution in [0.15, 0.2) is 22.8 Å². The van der Waals surface area contributed by atoms with Crippen molar-refractivity contribution in [3.63, 3.8) is 0 Å². The van der Waals surface area contributed by atoms with Crippen molar-refractivity contribution in [2.45, 2.75) is 0 Å². The predicted molar refractivity (Wildman–Crippen MR) is 57.3 cm³/mol. The fourth-order valence-corrected chi connectivity index (χ4v) is 1.84. The van der Waals surface area contributed by atoms with Gasteiger partial charge in [-0.15, -0.1) is 0 Å². The van der Waals surface area contributed by atoms with E-state index in [1.165, 1.54) is 0 Å². The first-order chi connectivity index (χ1) is 6.16. The predicted octanol–water partition coefficient (Wildman–Crippen LogP) is 3.70. The molecule has 0 fully saturated rings. The minimum Gasteiger partial charge on any atom is -0.241 e. The molecule has 0 N–H and O–H groups in total. The topological polar surface area (TPSA) is 25.8 Å². The van der Waals surface area contributed by atoms with Gasteiger partial charge in [-0.3, -0.25) is 0 Å². The van der Waals surface area contributed by atoms with Crippen LogP contribution in [0.2, 0.25) is 10.3 Å². The Kier molecular flexibility index (Phi) is 2.41. The molecule has 0 aromatic carbocycles. The number of nitrogens with zero attached hydrogens (tertiary/aromatic N) is 2. The van der Waals surface area contributed by atoms with Crippen LogP contribution in [0.1, 0.15) is 0 Å². The Bertz CT molecular complexity index is 468. The third-order valence-electron chi connectivity index (χ3n) is 1.57. The van der Waals surface area contributed by atoms with E-state index in [2.05, 4.69) is 25.9 Å². The summed E-state index contributed by atoms with van der Waals surface area (Å²) in [6, 6.07) is 5.33. The molecule has 0 radical (unpaired) electrons. The smallest absolute Gasteiger partial charge is 0.140 e. The highest BCUT2D eigenvalue weighted by molar-refractivity contribution is 9.10. The average Bonchev–Trinajstić information content (AvgIpc) is 2.02. The molecule has 2 heterocycles. The van der Waals surface area contributed by atoms with Crippen LogP contribution in [-0.4, -0.2) is 9.97 Å². The second-order valence-electron chi connectivity index (χ2n) is 2.44. The highest BCUT2D eigenvalue weighted by Gasteiger charge is 2.03. The van der Waals surface area contributed by atoms with Gasteiger partial charge in [-0.05, 0) is 28.1 Å². The number of fused-ring (bicyclic) bond motifs is 1. The molecule has 2 rings (SSSR count). The lowest BCUT2D eigenvalue weighted by Crippen LogP contribution is -1.84. The van der Waals surface area contributed by atoms with Crippen molar-refractivity contribution in [1.82, 2.24) is 9.97 Å². The largest absolute Gasteiger partial charge is 0.241 e. The van der Waals surface area contributed by atoms with E-state index in [0.717, 1.165) is 15.5 Å². The molecule has 5 heteroatoms. The average molecular weight is 278 g/mol. The van der Waals surface area contributed by atoms with Crippen molar-refractivity contribution in [3.05, 3.63) is 33.1 Å². The van der Waals surface area contributed by atoms with Gasteiger partial charge < -0.3 is 0 Å². The normalized spacial score (nSPS) is 10.7. The molecule has 2 aromatic heterocycles. The molecule has 0 aliphatic heterocycles. The lowest BCUT2D eigenvalue weighted by molar-refractivity contribution is 1.30. The maximum Gasteiger partial charge on any atom is 0.140 e. The Morgan fingerprint density at radius 1 is 1.15 bits per heavy atom. The molecule has 2 nitrogen and oxygen atoms in total. The Labute approximate surface area is 93.0 Å². The highest BCUT2D eigenvalue weighted by Crippen LogP contribution is 2.24. The summed E-state index contributed by atoms with van der Waals surface area (Å²) in [4.78, 5) is 8.11. The van der Waals surface area contributed by atoms with Gasteiger partial charge in [0.2, 0.25) is 0 Å². The van der Waals surface area contributed by atoms with Crippen LogP contribution in [-0.2, 0) is 0 Å². The summed E-state index contributed by atoms with van der Waals surface area (Å²) in [7, 11) is 0. The number of hydrogen-bond donors (Lipinski definition) is 0. The van der Waals surface area contributed by atoms with E-state index in [1.54, 1.807) is 6.07 Å². The summed E-state index contributed by atoms with van der Waals surface area (Å²) < 4.78 is 0.748. The number of pyridine rings is 2. The van der Waals surface area contributed by atoms with Crippen LogP contribution in [0.5, 0.6) is 0 Å². The van der Waals surface area contributed by atoms with E-state index in [4.69, 9.17) is 23.2 Å². The quantitative estimate of drug-likeness (QED) is 0.686. The summed E-state index contributed by atoms with van der Waals surface area (Å²) in [6.07, 6.45) is 0. The Hall–Kier alpha value is -0.380. The van der Waals surface area contributed by atoms with Crippen LogP contribution in [0.25, 0.3) is 10.9 Å². The summed E-state index contributed by atoms with van der Waals surface area (Å²) in [5.74, 6) is 0. The van der Waals surface area contributed by atoms with Gasteiger partial charge in [0, 0.05) is 11.5 Å². The van der Waals surface area contributed by atoms with Crippen molar-refractivity contribution in [1.29, 1.82) is 0 Å². The van der Waals surface area contributed by atoms with Gasteiger partial charge in [0.1, 0.15) is 14.9 Å². The fourth-order valence-electron chi connectivity index (χ4n) is 1.03. The summed E-state index contributed by atoms with van der Waals surface area (Å²) in [5, 5.41) is 1.53. The van der Waals surface area contributed by atoms with Gasteiger partial charge in [0.25, 0.3) is 0 Å². The lowest BCUT2D eigenvalue weighted by atomic mass is 10.3. The third-order valence-corrected chi connectivity index (χ3v) is 2.50. The van der Waals surface area contributed by atoms with E-state index < -0.39 is 0 Å². The maximum absolute atomic E-state index is 5.86. The second-order valence-corrected chi connectivity index (χ2v) is 3.99. The number of hydrogen-bond acceptors (Lipinski definition) is 2. The zero-order valence-electron chi connectivity index (χ0n) is 6.26. The number of halogens is 3. The number of rotatable bonds is 0. The molecule has 0 atom stereocenters. The first-order valence-electron chi connectivity index (χ1n) is 3.45.